The standard InChI is InChI=1S/C16H26N4O3/c1-17-9-12-5-4-8-19(10-12)13(21)11-20-14(22)16(18-15(20)23)6-2-3-7-16/h12,17H,2-11H2,1H3,(H,18,23). The first-order chi connectivity index (χ1) is 11.1. The van der Waals surface area contributed by atoms with Crippen LogP contribution < -0.4 is 10.6 Å². The number of amides is 4. The van der Waals surface area contributed by atoms with Crippen molar-refractivity contribution in [1.29, 1.82) is 0 Å². The molecule has 2 N–H and O–H groups in total. The normalized spacial score (nSPS) is 26.9. The fourth-order valence-corrected chi connectivity index (χ4v) is 4.12. The van der Waals surface area contributed by atoms with Crippen LogP contribution in [0.25, 0.3) is 0 Å². The highest BCUT2D eigenvalue weighted by atomic mass is 16.2. The van der Waals surface area contributed by atoms with Gasteiger partial charge in [-0.05, 0) is 45.2 Å². The third kappa shape index (κ3) is 3.06. The summed E-state index contributed by atoms with van der Waals surface area (Å²) < 4.78 is 0. The van der Waals surface area contributed by atoms with Crippen molar-refractivity contribution in [2.24, 2.45) is 5.92 Å². The number of urea groups is 1. The number of hydrogen-bond donors (Lipinski definition) is 2. The lowest BCUT2D eigenvalue weighted by Gasteiger charge is -2.33. The quantitative estimate of drug-likeness (QED) is 0.730. The van der Waals surface area contributed by atoms with Gasteiger partial charge in [-0.1, -0.05) is 12.8 Å². The van der Waals surface area contributed by atoms with Crippen LogP contribution in [0.2, 0.25) is 0 Å². The highest BCUT2D eigenvalue weighted by molar-refractivity contribution is 6.09. The van der Waals surface area contributed by atoms with E-state index in [-0.39, 0.29) is 18.4 Å². The van der Waals surface area contributed by atoms with E-state index < -0.39 is 11.6 Å². The maximum Gasteiger partial charge on any atom is 0.325 e. The minimum atomic E-state index is -0.728. The number of carbonyl (C=O) groups is 3. The van der Waals surface area contributed by atoms with E-state index in [2.05, 4.69) is 10.6 Å². The van der Waals surface area contributed by atoms with E-state index in [0.717, 1.165) is 37.1 Å². The van der Waals surface area contributed by atoms with Gasteiger partial charge < -0.3 is 15.5 Å². The Morgan fingerprint density at radius 2 is 2.04 bits per heavy atom. The van der Waals surface area contributed by atoms with Crippen LogP contribution >= 0.6 is 0 Å². The Morgan fingerprint density at radius 3 is 2.74 bits per heavy atom. The number of nitrogens with zero attached hydrogens (tertiary/aromatic N) is 2. The Morgan fingerprint density at radius 1 is 1.30 bits per heavy atom. The number of hydrogen-bond acceptors (Lipinski definition) is 4. The average Bonchev–Trinajstić information content (AvgIpc) is 3.09. The molecule has 1 spiro atoms. The number of rotatable bonds is 4. The molecule has 4 amide bonds. The van der Waals surface area contributed by atoms with Gasteiger partial charge in [-0.2, -0.15) is 0 Å². The van der Waals surface area contributed by atoms with Crippen molar-refractivity contribution < 1.29 is 14.4 Å². The van der Waals surface area contributed by atoms with Gasteiger partial charge in [-0.3, -0.25) is 14.5 Å². The maximum absolute atomic E-state index is 12.6. The van der Waals surface area contributed by atoms with E-state index in [0.29, 0.717) is 31.8 Å². The Kier molecular flexibility index (Phi) is 4.57. The third-order valence-corrected chi connectivity index (χ3v) is 5.36. The summed E-state index contributed by atoms with van der Waals surface area (Å²) in [5, 5.41) is 5.97. The van der Waals surface area contributed by atoms with Gasteiger partial charge in [-0.25, -0.2) is 4.79 Å². The molecule has 7 heteroatoms. The van der Waals surface area contributed by atoms with Gasteiger partial charge in [0, 0.05) is 13.1 Å². The van der Waals surface area contributed by atoms with Gasteiger partial charge in [0.1, 0.15) is 12.1 Å². The van der Waals surface area contributed by atoms with Crippen molar-refractivity contribution in [3.8, 4) is 0 Å². The lowest BCUT2D eigenvalue weighted by molar-refractivity contribution is -0.139. The zero-order valence-electron chi connectivity index (χ0n) is 13.8. The molecule has 0 aromatic carbocycles. The molecule has 1 unspecified atom stereocenters. The molecule has 3 aliphatic rings. The molecule has 0 aromatic heterocycles. The van der Waals surface area contributed by atoms with E-state index in [4.69, 9.17) is 0 Å². The van der Waals surface area contributed by atoms with E-state index in [1.165, 1.54) is 0 Å². The monoisotopic (exact) mass is 322 g/mol. The molecule has 0 radical (unpaired) electrons. The molecule has 1 saturated carbocycles. The molecular weight excluding hydrogens is 296 g/mol. The van der Waals surface area contributed by atoms with E-state index in [1.807, 2.05) is 7.05 Å². The first-order valence-corrected chi connectivity index (χ1v) is 8.62. The van der Waals surface area contributed by atoms with Gasteiger partial charge in [0.15, 0.2) is 0 Å². The van der Waals surface area contributed by atoms with Crippen LogP contribution in [0.15, 0.2) is 0 Å². The summed E-state index contributed by atoms with van der Waals surface area (Å²) in [5.41, 5.74) is -0.728. The molecule has 1 atom stereocenters. The van der Waals surface area contributed by atoms with Gasteiger partial charge in [-0.15, -0.1) is 0 Å². The first kappa shape index (κ1) is 16.2. The lowest BCUT2D eigenvalue weighted by Crippen LogP contribution is -2.48. The Hall–Kier alpha value is -1.63. The Labute approximate surface area is 136 Å². The van der Waals surface area contributed by atoms with Crippen molar-refractivity contribution >= 4 is 17.8 Å². The maximum atomic E-state index is 12.6. The molecule has 3 fully saturated rings. The Balaban J connectivity index is 1.61. The van der Waals surface area contributed by atoms with Crippen LogP contribution in [0.3, 0.4) is 0 Å². The van der Waals surface area contributed by atoms with Gasteiger partial charge in [0.25, 0.3) is 5.91 Å². The second kappa shape index (κ2) is 6.47. The molecule has 2 saturated heterocycles. The van der Waals surface area contributed by atoms with E-state index in [1.54, 1.807) is 4.90 Å². The molecule has 3 rings (SSSR count). The minimum Gasteiger partial charge on any atom is -0.341 e. The lowest BCUT2D eigenvalue weighted by atomic mass is 9.97. The SMILES string of the molecule is CNCC1CCCN(C(=O)CN2C(=O)NC3(CCCC3)C2=O)C1. The van der Waals surface area contributed by atoms with Gasteiger partial charge in [0.05, 0.1) is 0 Å². The zero-order valence-corrected chi connectivity index (χ0v) is 13.8. The third-order valence-electron chi connectivity index (χ3n) is 5.36. The molecular formula is C16H26N4O3. The summed E-state index contributed by atoms with van der Waals surface area (Å²) in [6.07, 6.45) is 5.36. The summed E-state index contributed by atoms with van der Waals surface area (Å²) in [4.78, 5) is 40.2. The van der Waals surface area contributed by atoms with Crippen LogP contribution in [-0.4, -0.2) is 66.4 Å². The van der Waals surface area contributed by atoms with Gasteiger partial charge in [0.2, 0.25) is 5.91 Å². The predicted octanol–water partition coefficient (Wildman–Crippen LogP) is 0.309. The summed E-state index contributed by atoms with van der Waals surface area (Å²) in [5.74, 6) is 0.114. The van der Waals surface area contributed by atoms with Crippen molar-refractivity contribution in [2.45, 2.75) is 44.1 Å². The predicted molar refractivity (Wildman–Crippen MR) is 84.7 cm³/mol. The van der Waals surface area contributed by atoms with Crippen molar-refractivity contribution in [3.05, 3.63) is 0 Å². The van der Waals surface area contributed by atoms with Crippen LogP contribution in [-0.2, 0) is 9.59 Å². The van der Waals surface area contributed by atoms with Crippen LogP contribution in [0.5, 0.6) is 0 Å². The number of piperidine rings is 1. The van der Waals surface area contributed by atoms with Crippen LogP contribution in [0, 0.1) is 5.92 Å². The van der Waals surface area contributed by atoms with Crippen molar-refractivity contribution in [2.75, 3.05) is 33.2 Å². The number of nitrogens with one attached hydrogen (secondary N) is 2. The smallest absolute Gasteiger partial charge is 0.325 e. The van der Waals surface area contributed by atoms with Gasteiger partial charge >= 0.3 is 6.03 Å². The zero-order chi connectivity index (χ0) is 16.4. The van der Waals surface area contributed by atoms with Crippen molar-refractivity contribution in [3.63, 3.8) is 0 Å². The average molecular weight is 322 g/mol. The second-order valence-electron chi connectivity index (χ2n) is 7.02. The minimum absolute atomic E-state index is 0.121. The highest BCUT2D eigenvalue weighted by Gasteiger charge is 2.52. The second-order valence-corrected chi connectivity index (χ2v) is 7.02. The summed E-state index contributed by atoms with van der Waals surface area (Å²) in [6, 6.07) is -0.408. The number of carbonyl (C=O) groups excluding carboxylic acids is 3. The molecule has 0 aromatic rings. The largest absolute Gasteiger partial charge is 0.341 e. The van der Waals surface area contributed by atoms with Crippen LogP contribution in [0.1, 0.15) is 38.5 Å². The molecule has 0 bridgehead atoms. The topological polar surface area (TPSA) is 81.8 Å². The van der Waals surface area contributed by atoms with Crippen LogP contribution in [0.4, 0.5) is 4.79 Å². The highest BCUT2D eigenvalue weighted by Crippen LogP contribution is 2.35. The summed E-state index contributed by atoms with van der Waals surface area (Å²) >= 11 is 0. The molecule has 128 valence electrons. The summed E-state index contributed by atoms with van der Waals surface area (Å²) in [7, 11) is 1.91. The van der Waals surface area contributed by atoms with E-state index >= 15 is 0 Å². The molecule has 23 heavy (non-hydrogen) atoms. The van der Waals surface area contributed by atoms with E-state index in [9.17, 15) is 14.4 Å². The fourth-order valence-electron chi connectivity index (χ4n) is 4.12. The molecule has 7 nitrogen and oxygen atoms in total. The Bertz CT molecular complexity index is 500. The number of imide groups is 1. The molecule has 2 heterocycles. The van der Waals surface area contributed by atoms with Crippen molar-refractivity contribution in [1.82, 2.24) is 20.4 Å². The molecule has 2 aliphatic heterocycles. The first-order valence-electron chi connectivity index (χ1n) is 8.62. The summed E-state index contributed by atoms with van der Waals surface area (Å²) in [6.45, 7) is 2.18. The number of likely N-dealkylation sites (tertiary alicyclic amines) is 1. The fraction of sp³-hybridized carbons (Fsp3) is 0.812. The molecule has 1 aliphatic carbocycles.